The molecule has 0 aromatic rings. The first-order chi connectivity index (χ1) is 5.11. The molecule has 11 heavy (non-hydrogen) atoms. The van der Waals surface area contributed by atoms with Crippen LogP contribution < -0.4 is 0 Å². The number of likely N-dealkylation sites (tertiary alicyclic amines) is 1. The van der Waals surface area contributed by atoms with E-state index in [0.717, 1.165) is 12.8 Å². The number of piperidine rings is 1. The van der Waals surface area contributed by atoms with Crippen molar-refractivity contribution in [3.05, 3.63) is 0 Å². The van der Waals surface area contributed by atoms with Crippen LogP contribution in [0.4, 0.5) is 4.79 Å². The lowest BCUT2D eigenvalue weighted by Gasteiger charge is -2.33. The van der Waals surface area contributed by atoms with Crippen molar-refractivity contribution in [2.24, 2.45) is 0 Å². The molecule has 0 aromatic heterocycles. The van der Waals surface area contributed by atoms with E-state index in [2.05, 4.69) is 22.6 Å². The topological polar surface area (TPSA) is 40.5 Å². The second-order valence-electron chi connectivity index (χ2n) is 2.95. The van der Waals surface area contributed by atoms with Crippen LogP contribution in [0, 0.1) is 0 Å². The molecule has 0 spiro atoms. The average molecular weight is 269 g/mol. The fourth-order valence-electron chi connectivity index (χ4n) is 1.40. The zero-order chi connectivity index (χ0) is 8.43. The highest BCUT2D eigenvalue weighted by Gasteiger charge is 2.26. The van der Waals surface area contributed by atoms with Crippen LogP contribution in [-0.4, -0.2) is 32.6 Å². The Morgan fingerprint density at radius 1 is 1.73 bits per heavy atom. The lowest BCUT2D eigenvalue weighted by Crippen LogP contribution is -2.44. The summed E-state index contributed by atoms with van der Waals surface area (Å²) in [6.07, 6.45) is 1.21. The molecular formula is C7H12INO2. The van der Waals surface area contributed by atoms with E-state index >= 15 is 0 Å². The van der Waals surface area contributed by atoms with E-state index in [1.165, 1.54) is 4.90 Å². The summed E-state index contributed by atoms with van der Waals surface area (Å²) in [5.74, 6) is 0. The van der Waals surface area contributed by atoms with E-state index in [1.807, 2.05) is 6.92 Å². The smallest absolute Gasteiger partial charge is 0.407 e. The Labute approximate surface area is 79.9 Å². The number of carbonyl (C=O) groups is 1. The number of hydrogen-bond donors (Lipinski definition) is 1. The zero-order valence-corrected chi connectivity index (χ0v) is 8.61. The van der Waals surface area contributed by atoms with Crippen molar-refractivity contribution in [2.75, 3.05) is 6.54 Å². The van der Waals surface area contributed by atoms with E-state index < -0.39 is 6.09 Å². The fraction of sp³-hybridized carbons (Fsp3) is 0.857. The number of alkyl halides is 1. The van der Waals surface area contributed by atoms with Gasteiger partial charge >= 0.3 is 6.09 Å². The molecule has 1 saturated heterocycles. The quantitative estimate of drug-likeness (QED) is 0.539. The van der Waals surface area contributed by atoms with Gasteiger partial charge in [0.25, 0.3) is 0 Å². The molecule has 1 aliphatic rings. The highest BCUT2D eigenvalue weighted by molar-refractivity contribution is 14.1. The standard InChI is InChI=1S/C7H12INO2/c1-5-4-6(8)2-3-9(5)7(10)11/h5-6H,2-4H2,1H3,(H,10,11)/t5-,6?/m1/s1. The summed E-state index contributed by atoms with van der Waals surface area (Å²) < 4.78 is 0.651. The van der Waals surface area contributed by atoms with Crippen LogP contribution in [0.25, 0.3) is 0 Å². The summed E-state index contributed by atoms with van der Waals surface area (Å²) >= 11 is 2.39. The van der Waals surface area contributed by atoms with Crippen LogP contribution in [-0.2, 0) is 0 Å². The van der Waals surface area contributed by atoms with Gasteiger partial charge in [-0.2, -0.15) is 0 Å². The summed E-state index contributed by atoms with van der Waals surface area (Å²) in [5.41, 5.74) is 0. The van der Waals surface area contributed by atoms with Gasteiger partial charge in [-0.15, -0.1) is 0 Å². The summed E-state index contributed by atoms with van der Waals surface area (Å²) in [5, 5.41) is 8.72. The first-order valence-corrected chi connectivity index (χ1v) is 4.99. The Morgan fingerprint density at radius 3 is 2.82 bits per heavy atom. The predicted molar refractivity (Wildman–Crippen MR) is 51.2 cm³/mol. The van der Waals surface area contributed by atoms with Gasteiger partial charge in [-0.05, 0) is 19.8 Å². The van der Waals surface area contributed by atoms with E-state index in [-0.39, 0.29) is 6.04 Å². The first-order valence-electron chi connectivity index (χ1n) is 3.75. The maximum Gasteiger partial charge on any atom is 0.407 e. The minimum atomic E-state index is -0.777. The highest BCUT2D eigenvalue weighted by Crippen LogP contribution is 2.22. The molecule has 1 unspecified atom stereocenters. The average Bonchev–Trinajstić information content (AvgIpc) is 1.85. The second-order valence-corrected chi connectivity index (χ2v) is 4.71. The number of nitrogens with zero attached hydrogens (tertiary/aromatic N) is 1. The van der Waals surface area contributed by atoms with Crippen molar-refractivity contribution < 1.29 is 9.90 Å². The van der Waals surface area contributed by atoms with Gasteiger partial charge in [-0.25, -0.2) is 4.79 Å². The van der Waals surface area contributed by atoms with Gasteiger partial charge in [0.2, 0.25) is 0 Å². The van der Waals surface area contributed by atoms with E-state index in [0.29, 0.717) is 10.5 Å². The molecule has 64 valence electrons. The van der Waals surface area contributed by atoms with Crippen molar-refractivity contribution in [3.8, 4) is 0 Å². The molecule has 1 fully saturated rings. The summed E-state index contributed by atoms with van der Waals surface area (Å²) in [4.78, 5) is 12.1. The van der Waals surface area contributed by atoms with Crippen molar-refractivity contribution in [1.82, 2.24) is 4.90 Å². The van der Waals surface area contributed by atoms with Gasteiger partial charge in [0.05, 0.1) is 0 Å². The van der Waals surface area contributed by atoms with Crippen molar-refractivity contribution in [2.45, 2.75) is 29.7 Å². The lowest BCUT2D eigenvalue weighted by atomic mass is 10.0. The van der Waals surface area contributed by atoms with Crippen LogP contribution in [0.2, 0.25) is 0 Å². The van der Waals surface area contributed by atoms with Crippen molar-refractivity contribution >= 4 is 28.7 Å². The minimum absolute atomic E-state index is 0.197. The van der Waals surface area contributed by atoms with Crippen LogP contribution in [0.3, 0.4) is 0 Å². The van der Waals surface area contributed by atoms with Crippen LogP contribution in [0.5, 0.6) is 0 Å². The number of amides is 1. The Bertz CT molecular complexity index is 163. The lowest BCUT2D eigenvalue weighted by molar-refractivity contribution is 0.115. The van der Waals surface area contributed by atoms with E-state index in [1.54, 1.807) is 0 Å². The van der Waals surface area contributed by atoms with Gasteiger partial charge in [0.15, 0.2) is 0 Å². The number of hydrogen-bond acceptors (Lipinski definition) is 1. The van der Waals surface area contributed by atoms with E-state index in [9.17, 15) is 4.79 Å². The maximum atomic E-state index is 10.6. The Balaban J connectivity index is 2.50. The number of rotatable bonds is 0. The van der Waals surface area contributed by atoms with Crippen LogP contribution >= 0.6 is 22.6 Å². The molecule has 0 aliphatic carbocycles. The molecule has 1 heterocycles. The third-order valence-corrected chi connectivity index (χ3v) is 3.19. The Kier molecular flexibility index (Phi) is 2.98. The number of carboxylic acid groups (broad SMARTS) is 1. The van der Waals surface area contributed by atoms with E-state index in [4.69, 9.17) is 5.11 Å². The normalized spacial score (nSPS) is 32.0. The highest BCUT2D eigenvalue weighted by atomic mass is 127. The van der Waals surface area contributed by atoms with Crippen molar-refractivity contribution in [3.63, 3.8) is 0 Å². The largest absolute Gasteiger partial charge is 0.465 e. The van der Waals surface area contributed by atoms with Crippen molar-refractivity contribution in [1.29, 1.82) is 0 Å². The van der Waals surface area contributed by atoms with Gasteiger partial charge in [-0.1, -0.05) is 22.6 Å². The first kappa shape index (κ1) is 9.09. The fourth-order valence-corrected chi connectivity index (χ4v) is 2.41. The molecule has 0 aromatic carbocycles. The monoisotopic (exact) mass is 269 g/mol. The zero-order valence-electron chi connectivity index (χ0n) is 6.46. The van der Waals surface area contributed by atoms with Gasteiger partial charge in [0, 0.05) is 16.5 Å². The third-order valence-electron chi connectivity index (χ3n) is 2.06. The summed E-state index contributed by atoms with van der Waals surface area (Å²) in [6.45, 7) is 2.67. The minimum Gasteiger partial charge on any atom is -0.465 e. The maximum absolute atomic E-state index is 10.6. The third kappa shape index (κ3) is 2.21. The molecule has 1 rings (SSSR count). The Morgan fingerprint density at radius 2 is 2.36 bits per heavy atom. The molecule has 4 heteroatoms. The SMILES string of the molecule is C[C@@H]1CC(I)CCN1C(=O)O. The van der Waals surface area contributed by atoms with Gasteiger partial charge < -0.3 is 10.0 Å². The van der Waals surface area contributed by atoms with Gasteiger partial charge in [-0.3, -0.25) is 0 Å². The summed E-state index contributed by atoms with van der Waals surface area (Å²) in [6, 6.07) is 0.197. The molecule has 3 nitrogen and oxygen atoms in total. The summed E-state index contributed by atoms with van der Waals surface area (Å²) in [7, 11) is 0. The Hall–Kier alpha value is 0. The van der Waals surface area contributed by atoms with Crippen LogP contribution in [0.15, 0.2) is 0 Å². The molecule has 1 amide bonds. The molecule has 1 N–H and O–H groups in total. The predicted octanol–water partition coefficient (Wildman–Crippen LogP) is 1.95. The molecule has 0 bridgehead atoms. The molecule has 0 radical (unpaired) electrons. The van der Waals surface area contributed by atoms with Gasteiger partial charge in [0.1, 0.15) is 0 Å². The molecule has 1 aliphatic heterocycles. The molecular weight excluding hydrogens is 257 g/mol. The second kappa shape index (κ2) is 3.60. The number of halogens is 1. The molecule has 2 atom stereocenters. The molecule has 0 saturated carbocycles. The van der Waals surface area contributed by atoms with Crippen LogP contribution in [0.1, 0.15) is 19.8 Å².